The molecule has 2 rings (SSSR count). The first-order valence-corrected chi connectivity index (χ1v) is 6.73. The highest BCUT2D eigenvalue weighted by molar-refractivity contribution is 8.01. The first-order valence-electron chi connectivity index (χ1n) is 4.93. The van der Waals surface area contributed by atoms with Gasteiger partial charge in [-0.05, 0) is 12.1 Å². The van der Waals surface area contributed by atoms with Crippen LogP contribution in [0.1, 0.15) is 10.8 Å². The number of nitrogens with zero attached hydrogens (tertiary/aromatic N) is 2. The van der Waals surface area contributed by atoms with Gasteiger partial charge in [-0.15, -0.1) is 10.2 Å². The second kappa shape index (κ2) is 5.83. The lowest BCUT2D eigenvalue weighted by atomic mass is 10.2. The number of carboxylic acids is 1. The number of hydrogen-bond acceptors (Lipinski definition) is 6. The van der Waals surface area contributed by atoms with E-state index in [9.17, 15) is 4.79 Å². The van der Waals surface area contributed by atoms with Crippen molar-refractivity contribution in [3.63, 3.8) is 0 Å². The van der Waals surface area contributed by atoms with E-state index in [-0.39, 0.29) is 5.75 Å². The predicted octanol–water partition coefficient (Wildman–Crippen LogP) is 2.09. The molecule has 0 atom stereocenters. The monoisotopic (exact) mass is 270 g/mol. The highest BCUT2D eigenvalue weighted by Gasteiger charge is 2.07. The molecule has 0 saturated carbocycles. The summed E-state index contributed by atoms with van der Waals surface area (Å²) >= 11 is 2.63. The van der Waals surface area contributed by atoms with Crippen LogP contribution in [-0.2, 0) is 17.6 Å². The van der Waals surface area contributed by atoms with E-state index >= 15 is 0 Å². The zero-order valence-electron chi connectivity index (χ0n) is 8.83. The van der Waals surface area contributed by atoms with Crippen molar-refractivity contribution in [2.75, 3.05) is 5.75 Å². The Morgan fingerprint density at radius 3 is 3.06 bits per heavy atom. The molecule has 0 saturated heterocycles. The van der Waals surface area contributed by atoms with Crippen LogP contribution in [0.3, 0.4) is 0 Å². The lowest BCUT2D eigenvalue weighted by molar-refractivity contribution is -0.133. The molecule has 0 fully saturated rings. The quantitative estimate of drug-likeness (QED) is 0.810. The van der Waals surface area contributed by atoms with E-state index in [0.29, 0.717) is 4.34 Å². The van der Waals surface area contributed by atoms with Gasteiger partial charge in [-0.3, -0.25) is 4.79 Å². The molecular weight excluding hydrogens is 260 g/mol. The van der Waals surface area contributed by atoms with E-state index in [2.05, 4.69) is 10.2 Å². The van der Waals surface area contributed by atoms with Crippen molar-refractivity contribution in [3.05, 3.63) is 29.2 Å². The highest BCUT2D eigenvalue weighted by atomic mass is 32.2. The maximum atomic E-state index is 10.4. The minimum absolute atomic E-state index is 0.0207. The number of carbonyl (C=O) groups is 1. The molecule has 5 nitrogen and oxygen atoms in total. The Labute approximate surface area is 106 Å². The number of aliphatic carboxylic acids is 1. The van der Waals surface area contributed by atoms with Crippen LogP contribution in [-0.4, -0.2) is 27.0 Å². The third-order valence-electron chi connectivity index (χ3n) is 1.93. The fourth-order valence-corrected chi connectivity index (χ4v) is 2.82. The number of aryl methyl sites for hydroxylation is 2. The second-order valence-electron chi connectivity index (χ2n) is 3.22. The Morgan fingerprint density at radius 2 is 2.35 bits per heavy atom. The van der Waals surface area contributed by atoms with Gasteiger partial charge in [0.2, 0.25) is 0 Å². The fourth-order valence-electron chi connectivity index (χ4n) is 1.21. The predicted molar refractivity (Wildman–Crippen MR) is 64.4 cm³/mol. The van der Waals surface area contributed by atoms with Crippen LogP contribution in [0.2, 0.25) is 0 Å². The summed E-state index contributed by atoms with van der Waals surface area (Å²) in [6.45, 7) is 0. The van der Waals surface area contributed by atoms with Gasteiger partial charge in [0.25, 0.3) is 0 Å². The molecule has 0 spiro atoms. The van der Waals surface area contributed by atoms with Crippen molar-refractivity contribution >= 4 is 29.1 Å². The molecule has 0 aliphatic carbocycles. The Hall–Kier alpha value is -1.34. The maximum absolute atomic E-state index is 10.4. The normalized spacial score (nSPS) is 10.6. The average Bonchev–Trinajstić information content (AvgIpc) is 2.95. The average molecular weight is 270 g/mol. The van der Waals surface area contributed by atoms with Gasteiger partial charge < -0.3 is 9.52 Å². The van der Waals surface area contributed by atoms with Crippen LogP contribution in [0.4, 0.5) is 0 Å². The standard InChI is InChI=1S/C10H10N2O3S2/c13-9(14)6-16-10-12-11-8(17-10)4-3-7-2-1-5-15-7/h1-2,5H,3-4,6H2,(H,13,14). The minimum Gasteiger partial charge on any atom is -0.481 e. The van der Waals surface area contributed by atoms with Crippen molar-refractivity contribution in [2.24, 2.45) is 0 Å². The van der Waals surface area contributed by atoms with Crippen molar-refractivity contribution in [1.29, 1.82) is 0 Å². The van der Waals surface area contributed by atoms with Crippen LogP contribution in [0, 0.1) is 0 Å². The number of hydrogen-bond donors (Lipinski definition) is 1. The lowest BCUT2D eigenvalue weighted by Gasteiger charge is -1.91. The van der Waals surface area contributed by atoms with Gasteiger partial charge in [-0.25, -0.2) is 0 Å². The first-order chi connectivity index (χ1) is 8.24. The van der Waals surface area contributed by atoms with Crippen LogP contribution in [0.15, 0.2) is 27.2 Å². The molecule has 0 aromatic carbocycles. The van der Waals surface area contributed by atoms with Gasteiger partial charge in [-0.1, -0.05) is 23.1 Å². The molecule has 7 heteroatoms. The largest absolute Gasteiger partial charge is 0.481 e. The fraction of sp³-hybridized carbons (Fsp3) is 0.300. The molecule has 90 valence electrons. The van der Waals surface area contributed by atoms with Gasteiger partial charge in [0.15, 0.2) is 4.34 Å². The molecule has 0 unspecified atom stereocenters. The molecule has 0 amide bonds. The summed E-state index contributed by atoms with van der Waals surface area (Å²) in [5, 5.41) is 17.4. The second-order valence-corrected chi connectivity index (χ2v) is 5.51. The lowest BCUT2D eigenvalue weighted by Crippen LogP contribution is -1.96. The van der Waals surface area contributed by atoms with Gasteiger partial charge >= 0.3 is 5.97 Å². The zero-order valence-corrected chi connectivity index (χ0v) is 10.5. The molecule has 17 heavy (non-hydrogen) atoms. The third-order valence-corrected chi connectivity index (χ3v) is 4.03. The molecule has 2 aromatic rings. The molecule has 2 aromatic heterocycles. The van der Waals surface area contributed by atoms with Gasteiger partial charge in [0.05, 0.1) is 12.0 Å². The number of furan rings is 1. The molecule has 2 heterocycles. The summed E-state index contributed by atoms with van der Waals surface area (Å²) in [4.78, 5) is 10.4. The Bertz CT molecular complexity index is 481. The van der Waals surface area contributed by atoms with E-state index in [0.717, 1.165) is 23.6 Å². The third kappa shape index (κ3) is 3.86. The molecule has 0 bridgehead atoms. The number of carboxylic acid groups (broad SMARTS) is 1. The Balaban J connectivity index is 1.83. The highest BCUT2D eigenvalue weighted by Crippen LogP contribution is 2.23. The van der Waals surface area contributed by atoms with E-state index in [1.165, 1.54) is 23.1 Å². The van der Waals surface area contributed by atoms with E-state index in [4.69, 9.17) is 9.52 Å². The molecule has 1 N–H and O–H groups in total. The Morgan fingerprint density at radius 1 is 1.47 bits per heavy atom. The van der Waals surface area contributed by atoms with Crippen molar-refractivity contribution in [1.82, 2.24) is 10.2 Å². The van der Waals surface area contributed by atoms with E-state index in [1.807, 2.05) is 12.1 Å². The van der Waals surface area contributed by atoms with Crippen molar-refractivity contribution in [2.45, 2.75) is 17.2 Å². The van der Waals surface area contributed by atoms with Crippen LogP contribution in [0.5, 0.6) is 0 Å². The smallest absolute Gasteiger partial charge is 0.313 e. The summed E-state index contributed by atoms with van der Waals surface area (Å²) in [6.07, 6.45) is 3.19. The summed E-state index contributed by atoms with van der Waals surface area (Å²) in [5.41, 5.74) is 0. The summed E-state index contributed by atoms with van der Waals surface area (Å²) in [7, 11) is 0. The van der Waals surface area contributed by atoms with Crippen LogP contribution >= 0.6 is 23.1 Å². The van der Waals surface area contributed by atoms with Crippen molar-refractivity contribution < 1.29 is 14.3 Å². The van der Waals surface area contributed by atoms with Gasteiger partial charge in [0.1, 0.15) is 10.8 Å². The summed E-state index contributed by atoms with van der Waals surface area (Å²) in [6, 6.07) is 3.77. The molecular formula is C10H10N2O3S2. The Kier molecular flexibility index (Phi) is 4.16. The number of rotatable bonds is 6. The summed E-state index contributed by atoms with van der Waals surface area (Å²) < 4.78 is 5.91. The molecule has 0 aliphatic rings. The molecule has 0 aliphatic heterocycles. The SMILES string of the molecule is O=C(O)CSc1nnc(CCc2ccco2)s1. The zero-order chi connectivity index (χ0) is 12.1. The van der Waals surface area contributed by atoms with E-state index < -0.39 is 5.97 Å². The topological polar surface area (TPSA) is 76.2 Å². The van der Waals surface area contributed by atoms with Crippen LogP contribution in [0.25, 0.3) is 0 Å². The van der Waals surface area contributed by atoms with Gasteiger partial charge in [0, 0.05) is 12.8 Å². The van der Waals surface area contributed by atoms with Gasteiger partial charge in [-0.2, -0.15) is 0 Å². The maximum Gasteiger partial charge on any atom is 0.313 e. The van der Waals surface area contributed by atoms with E-state index in [1.54, 1.807) is 6.26 Å². The summed E-state index contributed by atoms with van der Waals surface area (Å²) in [5.74, 6) is 0.0922. The van der Waals surface area contributed by atoms with Crippen LogP contribution < -0.4 is 0 Å². The number of aromatic nitrogens is 2. The molecule has 0 radical (unpaired) electrons. The van der Waals surface area contributed by atoms with Crippen molar-refractivity contribution in [3.8, 4) is 0 Å². The first kappa shape index (κ1) is 12.1. The minimum atomic E-state index is -0.845. The number of thioether (sulfide) groups is 1.